The van der Waals surface area contributed by atoms with Crippen LogP contribution in [0.25, 0.3) is 5.69 Å². The predicted octanol–water partition coefficient (Wildman–Crippen LogP) is 4.87. The van der Waals surface area contributed by atoms with E-state index in [1.165, 1.54) is 11.8 Å². The molecular weight excluding hydrogens is 451 g/mol. The molecule has 1 atom stereocenters. The smallest absolute Gasteiger partial charge is 0.211 e. The minimum absolute atomic E-state index is 0.0250. The number of nitrogens with zero attached hydrogens (tertiary/aromatic N) is 3. The van der Waals surface area contributed by atoms with Crippen molar-refractivity contribution in [2.24, 2.45) is 0 Å². The highest BCUT2D eigenvalue weighted by Crippen LogP contribution is 2.32. The standard InChI is InChI=1S/C19H20Cl2N4O2S2/c1-3-29(26,27)24-13(2)18-22-23-19(28-12-14-7-5-4-6-8-14)25(18)17-10-9-15(20)11-16(17)21/h4-11,13,24H,3,12H2,1-2H3. The normalized spacial score (nSPS) is 12.8. The molecule has 0 aliphatic rings. The Morgan fingerprint density at radius 1 is 1.14 bits per heavy atom. The lowest BCUT2D eigenvalue weighted by atomic mass is 10.2. The minimum atomic E-state index is -3.42. The zero-order valence-electron chi connectivity index (χ0n) is 15.8. The summed E-state index contributed by atoms with van der Waals surface area (Å²) in [6.45, 7) is 3.31. The van der Waals surface area contributed by atoms with Gasteiger partial charge in [0.1, 0.15) is 0 Å². The summed E-state index contributed by atoms with van der Waals surface area (Å²) in [6.07, 6.45) is 0. The summed E-state index contributed by atoms with van der Waals surface area (Å²) in [6, 6.07) is 14.5. The van der Waals surface area contributed by atoms with Crippen molar-refractivity contribution in [1.82, 2.24) is 19.5 Å². The van der Waals surface area contributed by atoms with Gasteiger partial charge in [0, 0.05) is 10.8 Å². The molecule has 1 unspecified atom stereocenters. The Kier molecular flexibility index (Phi) is 7.23. The van der Waals surface area contributed by atoms with Crippen LogP contribution in [0.15, 0.2) is 53.7 Å². The van der Waals surface area contributed by atoms with Crippen molar-refractivity contribution in [1.29, 1.82) is 0 Å². The molecule has 3 rings (SSSR count). The average Bonchev–Trinajstić information content (AvgIpc) is 3.11. The topological polar surface area (TPSA) is 76.9 Å². The van der Waals surface area contributed by atoms with Gasteiger partial charge < -0.3 is 0 Å². The van der Waals surface area contributed by atoms with Crippen molar-refractivity contribution in [3.05, 3.63) is 70.0 Å². The van der Waals surface area contributed by atoms with Gasteiger partial charge in [0.15, 0.2) is 11.0 Å². The zero-order chi connectivity index (χ0) is 21.0. The number of nitrogens with one attached hydrogen (secondary N) is 1. The molecule has 29 heavy (non-hydrogen) atoms. The molecule has 0 saturated carbocycles. The van der Waals surface area contributed by atoms with Gasteiger partial charge in [0.25, 0.3) is 0 Å². The maximum absolute atomic E-state index is 12.0. The third-order valence-electron chi connectivity index (χ3n) is 4.14. The monoisotopic (exact) mass is 470 g/mol. The highest BCUT2D eigenvalue weighted by atomic mass is 35.5. The molecule has 0 aliphatic carbocycles. The number of halogens is 2. The second-order valence-electron chi connectivity index (χ2n) is 6.29. The van der Waals surface area contributed by atoms with Crippen LogP contribution >= 0.6 is 35.0 Å². The Labute approximate surface area is 184 Å². The lowest BCUT2D eigenvalue weighted by Crippen LogP contribution is -2.30. The van der Waals surface area contributed by atoms with Crippen molar-refractivity contribution >= 4 is 45.0 Å². The summed E-state index contributed by atoms with van der Waals surface area (Å²) in [7, 11) is -3.42. The Hall–Kier alpha value is -1.58. The summed E-state index contributed by atoms with van der Waals surface area (Å²) in [4.78, 5) is 0. The second-order valence-corrected chi connectivity index (χ2v) is 10.1. The van der Waals surface area contributed by atoms with Gasteiger partial charge in [-0.25, -0.2) is 13.1 Å². The number of hydrogen-bond acceptors (Lipinski definition) is 5. The van der Waals surface area contributed by atoms with E-state index >= 15 is 0 Å². The second kappa shape index (κ2) is 9.49. The van der Waals surface area contributed by atoms with Crippen LogP contribution in [0.2, 0.25) is 10.0 Å². The first-order chi connectivity index (χ1) is 13.8. The van der Waals surface area contributed by atoms with Crippen molar-refractivity contribution in [3.63, 3.8) is 0 Å². The van der Waals surface area contributed by atoms with Gasteiger partial charge in [-0.05, 0) is 37.6 Å². The lowest BCUT2D eigenvalue weighted by Gasteiger charge is -2.17. The fourth-order valence-electron chi connectivity index (χ4n) is 2.67. The molecule has 0 bridgehead atoms. The molecule has 0 amide bonds. The van der Waals surface area contributed by atoms with E-state index in [1.54, 1.807) is 36.6 Å². The quantitative estimate of drug-likeness (QED) is 0.475. The van der Waals surface area contributed by atoms with Crippen LogP contribution in [0.3, 0.4) is 0 Å². The van der Waals surface area contributed by atoms with E-state index < -0.39 is 16.1 Å². The minimum Gasteiger partial charge on any atom is -0.271 e. The zero-order valence-corrected chi connectivity index (χ0v) is 19.0. The maximum Gasteiger partial charge on any atom is 0.211 e. The van der Waals surface area contributed by atoms with Crippen molar-refractivity contribution < 1.29 is 8.42 Å². The van der Waals surface area contributed by atoms with Crippen LogP contribution in [-0.2, 0) is 15.8 Å². The molecule has 6 nitrogen and oxygen atoms in total. The third kappa shape index (κ3) is 5.52. The van der Waals surface area contributed by atoms with Gasteiger partial charge in [0.2, 0.25) is 10.0 Å². The first-order valence-corrected chi connectivity index (χ1v) is 12.3. The summed E-state index contributed by atoms with van der Waals surface area (Å²) in [5.41, 5.74) is 1.77. The van der Waals surface area contributed by atoms with Crippen molar-refractivity contribution in [3.8, 4) is 5.69 Å². The fourth-order valence-corrected chi connectivity index (χ4v) is 4.88. The Bertz CT molecular complexity index is 1090. The van der Waals surface area contributed by atoms with Gasteiger partial charge in [-0.15, -0.1) is 10.2 Å². The Balaban J connectivity index is 2.01. The predicted molar refractivity (Wildman–Crippen MR) is 118 cm³/mol. The van der Waals surface area contributed by atoms with Gasteiger partial charge >= 0.3 is 0 Å². The highest BCUT2D eigenvalue weighted by molar-refractivity contribution is 7.98. The average molecular weight is 471 g/mol. The van der Waals surface area contributed by atoms with Gasteiger partial charge in [-0.3, -0.25) is 4.57 Å². The van der Waals surface area contributed by atoms with Crippen LogP contribution in [0.1, 0.15) is 31.3 Å². The molecular formula is C19H20Cl2N4O2S2. The lowest BCUT2D eigenvalue weighted by molar-refractivity contribution is 0.557. The molecule has 3 aromatic rings. The molecule has 0 fully saturated rings. The first kappa shape index (κ1) is 22.1. The van der Waals surface area contributed by atoms with Crippen LogP contribution in [-0.4, -0.2) is 28.9 Å². The number of thioether (sulfide) groups is 1. The van der Waals surface area contributed by atoms with E-state index in [1.807, 2.05) is 30.3 Å². The van der Waals surface area contributed by atoms with E-state index in [4.69, 9.17) is 23.2 Å². The summed E-state index contributed by atoms with van der Waals surface area (Å²) in [5.74, 6) is 1.10. The molecule has 0 saturated heterocycles. The molecule has 0 radical (unpaired) electrons. The van der Waals surface area contributed by atoms with E-state index in [0.717, 1.165) is 5.56 Å². The van der Waals surface area contributed by atoms with Gasteiger partial charge in [-0.1, -0.05) is 65.3 Å². The maximum atomic E-state index is 12.0. The van der Waals surface area contributed by atoms with E-state index in [-0.39, 0.29) is 5.75 Å². The number of rotatable bonds is 8. The first-order valence-electron chi connectivity index (χ1n) is 8.88. The van der Waals surface area contributed by atoms with E-state index in [9.17, 15) is 8.42 Å². The Morgan fingerprint density at radius 2 is 1.86 bits per heavy atom. The molecule has 1 heterocycles. The molecule has 1 N–H and O–H groups in total. The summed E-state index contributed by atoms with van der Waals surface area (Å²) in [5, 5.41) is 10.1. The largest absolute Gasteiger partial charge is 0.271 e. The van der Waals surface area contributed by atoms with Gasteiger partial charge in [-0.2, -0.15) is 0 Å². The van der Waals surface area contributed by atoms with Gasteiger partial charge in [0.05, 0.1) is 22.5 Å². The summed E-state index contributed by atoms with van der Waals surface area (Å²) < 4.78 is 28.5. The van der Waals surface area contributed by atoms with Crippen LogP contribution < -0.4 is 4.72 Å². The highest BCUT2D eigenvalue weighted by Gasteiger charge is 2.24. The molecule has 0 aliphatic heterocycles. The van der Waals surface area contributed by atoms with Crippen LogP contribution in [0.5, 0.6) is 0 Å². The van der Waals surface area contributed by atoms with E-state index in [0.29, 0.717) is 32.5 Å². The molecule has 0 spiro atoms. The van der Waals surface area contributed by atoms with Crippen molar-refractivity contribution in [2.45, 2.75) is 30.8 Å². The van der Waals surface area contributed by atoms with Crippen LogP contribution in [0, 0.1) is 0 Å². The Morgan fingerprint density at radius 3 is 2.52 bits per heavy atom. The van der Waals surface area contributed by atoms with E-state index in [2.05, 4.69) is 14.9 Å². The SMILES string of the molecule is CCS(=O)(=O)NC(C)c1nnc(SCc2ccccc2)n1-c1ccc(Cl)cc1Cl. The molecule has 10 heteroatoms. The molecule has 1 aromatic heterocycles. The fraction of sp³-hybridized carbons (Fsp3) is 0.263. The van der Waals surface area contributed by atoms with Crippen LogP contribution in [0.4, 0.5) is 0 Å². The molecule has 154 valence electrons. The summed E-state index contributed by atoms with van der Waals surface area (Å²) >= 11 is 14.0. The third-order valence-corrected chi connectivity index (χ3v) is 7.15. The number of benzene rings is 2. The number of sulfonamides is 1. The van der Waals surface area contributed by atoms with Crippen molar-refractivity contribution in [2.75, 3.05) is 5.75 Å². The number of hydrogen-bond donors (Lipinski definition) is 1. The number of aromatic nitrogens is 3. The molecule has 2 aromatic carbocycles.